The highest BCUT2D eigenvalue weighted by molar-refractivity contribution is 7.94. The first-order valence-electron chi connectivity index (χ1n) is 8.53. The van der Waals surface area contributed by atoms with Crippen LogP contribution in [0, 0.1) is 13.8 Å². The molecule has 146 valence electrons. The topological polar surface area (TPSA) is 84.9 Å². The van der Waals surface area contributed by atoms with Crippen LogP contribution in [0.25, 0.3) is 0 Å². The lowest BCUT2D eigenvalue weighted by Crippen LogP contribution is -2.42. The molecule has 1 amide bonds. The van der Waals surface area contributed by atoms with Gasteiger partial charge in [-0.1, -0.05) is 6.07 Å². The Kier molecular flexibility index (Phi) is 6.03. The van der Waals surface area contributed by atoms with E-state index in [0.717, 1.165) is 22.5 Å². The van der Waals surface area contributed by atoms with Gasteiger partial charge in [0.1, 0.15) is 9.96 Å². The number of carbonyl (C=O) groups excluding carboxylic acids is 1. The van der Waals surface area contributed by atoms with Crippen molar-refractivity contribution in [2.45, 2.75) is 18.1 Å². The Balaban J connectivity index is 1.68. The minimum Gasteiger partial charge on any atom is -0.484 e. The summed E-state index contributed by atoms with van der Waals surface area (Å²) < 4.78 is 38.7. The Morgan fingerprint density at radius 1 is 1.26 bits per heavy atom. The van der Waals surface area contributed by atoms with Crippen LogP contribution in [0.3, 0.4) is 0 Å². The largest absolute Gasteiger partial charge is 0.484 e. The standard InChI is InChI=1S/C18H22N2O5S2/c1-13-10-15(25-12-16(21)20-5-7-24-8-6-20)11-14(2)18(13)19-27(22,23)17-4-3-9-26-17/h3-4,9-11,19H,5-8,12H2,1-2H3. The van der Waals surface area contributed by atoms with Crippen LogP contribution in [0.5, 0.6) is 5.75 Å². The third kappa shape index (κ3) is 4.79. The molecule has 0 unspecified atom stereocenters. The zero-order valence-electron chi connectivity index (χ0n) is 15.2. The van der Waals surface area contributed by atoms with Gasteiger partial charge in [-0.2, -0.15) is 0 Å². The highest BCUT2D eigenvalue weighted by Crippen LogP contribution is 2.29. The number of thiophene rings is 1. The van der Waals surface area contributed by atoms with Crippen molar-refractivity contribution in [1.82, 2.24) is 4.90 Å². The lowest BCUT2D eigenvalue weighted by Gasteiger charge is -2.26. The number of carbonyl (C=O) groups is 1. The van der Waals surface area contributed by atoms with Crippen molar-refractivity contribution in [2.24, 2.45) is 0 Å². The molecular formula is C18H22N2O5S2. The Morgan fingerprint density at radius 3 is 2.52 bits per heavy atom. The van der Waals surface area contributed by atoms with Crippen molar-refractivity contribution in [3.63, 3.8) is 0 Å². The van der Waals surface area contributed by atoms with Crippen molar-refractivity contribution in [1.29, 1.82) is 0 Å². The predicted octanol–water partition coefficient (Wildman–Crippen LogP) is 2.40. The fourth-order valence-electron chi connectivity index (χ4n) is 2.82. The molecule has 9 heteroatoms. The zero-order valence-corrected chi connectivity index (χ0v) is 16.9. The number of benzene rings is 1. The molecule has 0 bridgehead atoms. The molecule has 2 heterocycles. The summed E-state index contributed by atoms with van der Waals surface area (Å²) in [6.45, 7) is 5.78. The molecule has 1 N–H and O–H groups in total. The van der Waals surface area contributed by atoms with Gasteiger partial charge in [-0.25, -0.2) is 8.42 Å². The van der Waals surface area contributed by atoms with Crippen LogP contribution in [-0.4, -0.2) is 52.1 Å². The second-order valence-electron chi connectivity index (χ2n) is 6.25. The number of amides is 1. The summed E-state index contributed by atoms with van der Waals surface area (Å²) in [5, 5.41) is 1.72. The molecule has 2 aromatic rings. The molecule has 0 atom stereocenters. The van der Waals surface area contributed by atoms with Crippen LogP contribution in [0.4, 0.5) is 5.69 Å². The predicted molar refractivity (Wildman–Crippen MR) is 104 cm³/mol. The van der Waals surface area contributed by atoms with E-state index < -0.39 is 10.0 Å². The number of hydrogen-bond acceptors (Lipinski definition) is 6. The second-order valence-corrected chi connectivity index (χ2v) is 9.11. The Hall–Kier alpha value is -2.10. The summed E-state index contributed by atoms with van der Waals surface area (Å²) in [4.78, 5) is 13.9. The number of nitrogens with zero attached hydrogens (tertiary/aromatic N) is 1. The lowest BCUT2D eigenvalue weighted by molar-refractivity contribution is -0.137. The third-order valence-corrected chi connectivity index (χ3v) is 6.98. The smallest absolute Gasteiger partial charge is 0.271 e. The number of nitrogens with one attached hydrogen (secondary N) is 1. The van der Waals surface area contributed by atoms with Gasteiger partial charge in [0.25, 0.3) is 15.9 Å². The average Bonchev–Trinajstić information content (AvgIpc) is 3.19. The molecular weight excluding hydrogens is 388 g/mol. The van der Waals surface area contributed by atoms with Crippen LogP contribution >= 0.6 is 11.3 Å². The van der Waals surface area contributed by atoms with E-state index in [9.17, 15) is 13.2 Å². The van der Waals surface area contributed by atoms with Crippen LogP contribution in [0.2, 0.25) is 0 Å². The maximum Gasteiger partial charge on any atom is 0.271 e. The van der Waals surface area contributed by atoms with Crippen molar-refractivity contribution < 1.29 is 22.7 Å². The van der Waals surface area contributed by atoms with Crippen LogP contribution in [-0.2, 0) is 19.6 Å². The fraction of sp³-hybridized carbons (Fsp3) is 0.389. The first-order valence-corrected chi connectivity index (χ1v) is 10.9. The zero-order chi connectivity index (χ0) is 19.4. The van der Waals surface area contributed by atoms with Gasteiger partial charge < -0.3 is 14.4 Å². The summed E-state index contributed by atoms with van der Waals surface area (Å²) in [7, 11) is -3.61. The molecule has 1 aliphatic rings. The molecule has 7 nitrogen and oxygen atoms in total. The van der Waals surface area contributed by atoms with Crippen molar-refractivity contribution in [3.8, 4) is 5.75 Å². The van der Waals surface area contributed by atoms with E-state index in [4.69, 9.17) is 9.47 Å². The molecule has 1 aromatic carbocycles. The molecule has 0 radical (unpaired) electrons. The van der Waals surface area contributed by atoms with E-state index in [1.54, 1.807) is 48.4 Å². The molecule has 1 aromatic heterocycles. The van der Waals surface area contributed by atoms with E-state index in [1.807, 2.05) is 0 Å². The fourth-order valence-corrected chi connectivity index (χ4v) is 5.01. The molecule has 0 spiro atoms. The van der Waals surface area contributed by atoms with E-state index in [2.05, 4.69) is 4.72 Å². The highest BCUT2D eigenvalue weighted by Gasteiger charge is 2.19. The van der Waals surface area contributed by atoms with Gasteiger partial charge in [0, 0.05) is 13.1 Å². The highest BCUT2D eigenvalue weighted by atomic mass is 32.2. The van der Waals surface area contributed by atoms with Gasteiger partial charge in [0.05, 0.1) is 18.9 Å². The van der Waals surface area contributed by atoms with Gasteiger partial charge in [0.15, 0.2) is 6.61 Å². The quantitative estimate of drug-likeness (QED) is 0.791. The van der Waals surface area contributed by atoms with Gasteiger partial charge in [-0.3, -0.25) is 9.52 Å². The van der Waals surface area contributed by atoms with E-state index >= 15 is 0 Å². The molecule has 0 saturated carbocycles. The number of anilines is 1. The van der Waals surface area contributed by atoms with Gasteiger partial charge in [0.2, 0.25) is 0 Å². The number of hydrogen-bond donors (Lipinski definition) is 1. The van der Waals surface area contributed by atoms with E-state index in [-0.39, 0.29) is 16.7 Å². The normalized spacial score (nSPS) is 14.8. The average molecular weight is 411 g/mol. The minimum absolute atomic E-state index is 0.0564. The number of aryl methyl sites for hydroxylation is 2. The molecule has 3 rings (SSSR count). The Bertz CT molecular complexity index is 881. The summed E-state index contributed by atoms with van der Waals surface area (Å²) in [5.74, 6) is 0.446. The summed E-state index contributed by atoms with van der Waals surface area (Å²) >= 11 is 1.16. The molecule has 1 fully saturated rings. The maximum atomic E-state index is 12.4. The van der Waals surface area contributed by atoms with Gasteiger partial charge in [-0.15, -0.1) is 11.3 Å². The monoisotopic (exact) mass is 410 g/mol. The molecule has 1 aliphatic heterocycles. The molecule has 0 aliphatic carbocycles. The van der Waals surface area contributed by atoms with Crippen molar-refractivity contribution >= 4 is 33.0 Å². The lowest BCUT2D eigenvalue weighted by atomic mass is 10.1. The number of sulfonamides is 1. The Morgan fingerprint density at radius 2 is 1.93 bits per heavy atom. The third-order valence-electron chi connectivity index (χ3n) is 4.23. The van der Waals surface area contributed by atoms with Gasteiger partial charge >= 0.3 is 0 Å². The van der Waals surface area contributed by atoms with Crippen LogP contribution in [0.1, 0.15) is 11.1 Å². The first kappa shape index (κ1) is 19.7. The maximum absolute atomic E-state index is 12.4. The van der Waals surface area contributed by atoms with Crippen LogP contribution < -0.4 is 9.46 Å². The summed E-state index contributed by atoms with van der Waals surface area (Å²) in [6.07, 6.45) is 0. The molecule has 1 saturated heterocycles. The summed E-state index contributed by atoms with van der Waals surface area (Å²) in [6, 6.07) is 6.71. The number of ether oxygens (including phenoxy) is 2. The van der Waals surface area contributed by atoms with E-state index in [0.29, 0.717) is 37.7 Å². The number of morpholine rings is 1. The van der Waals surface area contributed by atoms with E-state index in [1.165, 1.54) is 0 Å². The van der Waals surface area contributed by atoms with Crippen LogP contribution in [0.15, 0.2) is 33.9 Å². The number of rotatable bonds is 6. The molecule has 27 heavy (non-hydrogen) atoms. The minimum atomic E-state index is -3.61. The first-order chi connectivity index (χ1) is 12.9. The van der Waals surface area contributed by atoms with Crippen molar-refractivity contribution in [3.05, 3.63) is 40.8 Å². The summed E-state index contributed by atoms with van der Waals surface area (Å²) in [5.41, 5.74) is 1.98. The Labute approximate surface area is 163 Å². The van der Waals surface area contributed by atoms with Crippen molar-refractivity contribution in [2.75, 3.05) is 37.6 Å². The van der Waals surface area contributed by atoms with Gasteiger partial charge in [-0.05, 0) is 48.6 Å². The SMILES string of the molecule is Cc1cc(OCC(=O)N2CCOCC2)cc(C)c1NS(=O)(=O)c1cccs1. The second kappa shape index (κ2) is 8.28.